The zero-order chi connectivity index (χ0) is 24.5. The third kappa shape index (κ3) is 6.11. The number of aliphatic imine (C=N–C) groups is 1. The number of allylic oxidation sites excluding steroid dienone is 2. The Balaban J connectivity index is 1.86. The molecule has 0 spiro atoms. The maximum atomic E-state index is 12.9. The van der Waals surface area contributed by atoms with Crippen LogP contribution in [-0.2, 0) is 0 Å². The summed E-state index contributed by atoms with van der Waals surface area (Å²) in [4.78, 5) is 16.9. The Hall–Kier alpha value is -3.91. The number of hydrogen-bond acceptors (Lipinski definition) is 3. The molecule has 174 valence electrons. The Kier molecular flexibility index (Phi) is 8.59. The molecule has 0 atom stereocenters. The van der Waals surface area contributed by atoms with Crippen LogP contribution < -0.4 is 5.32 Å². The van der Waals surface area contributed by atoms with E-state index in [4.69, 9.17) is 5.10 Å². The number of aryl methyl sites for hydroxylation is 1. The predicted molar refractivity (Wildman–Crippen MR) is 140 cm³/mol. The molecule has 0 fully saturated rings. The predicted octanol–water partition coefficient (Wildman–Crippen LogP) is 5.35. The van der Waals surface area contributed by atoms with Crippen molar-refractivity contribution in [3.63, 3.8) is 0 Å². The first-order chi connectivity index (χ1) is 16.4. The van der Waals surface area contributed by atoms with Gasteiger partial charge in [-0.1, -0.05) is 36.1 Å². The number of carbonyl (C=O) groups is 1. The van der Waals surface area contributed by atoms with Gasteiger partial charge in [-0.15, -0.1) is 0 Å². The van der Waals surface area contributed by atoms with Crippen LogP contribution in [0.5, 0.6) is 0 Å². The van der Waals surface area contributed by atoms with Gasteiger partial charge in [0.15, 0.2) is 0 Å². The molecular weight excluding hydrogens is 420 g/mol. The van der Waals surface area contributed by atoms with Gasteiger partial charge in [0.1, 0.15) is 0 Å². The molecule has 0 bridgehead atoms. The Morgan fingerprint density at radius 2 is 1.88 bits per heavy atom. The first-order valence-corrected chi connectivity index (χ1v) is 11.5. The van der Waals surface area contributed by atoms with E-state index in [2.05, 4.69) is 29.1 Å². The number of nitrogens with one attached hydrogen (secondary N) is 1. The van der Waals surface area contributed by atoms with Crippen LogP contribution in [-0.4, -0.2) is 35.5 Å². The summed E-state index contributed by atoms with van der Waals surface area (Å²) < 4.78 is 1.91. The van der Waals surface area contributed by atoms with Crippen LogP contribution in [0.4, 0.5) is 0 Å². The molecule has 1 amide bonds. The zero-order valence-corrected chi connectivity index (χ0v) is 20.6. The third-order valence-corrected chi connectivity index (χ3v) is 5.85. The molecule has 1 heterocycles. The Labute approximate surface area is 202 Å². The number of nitrogens with zero attached hydrogens (tertiary/aromatic N) is 3. The average molecular weight is 453 g/mol. The van der Waals surface area contributed by atoms with E-state index in [1.807, 2.05) is 86.3 Å². The maximum Gasteiger partial charge on any atom is 0.251 e. The van der Waals surface area contributed by atoms with E-state index in [9.17, 15) is 4.79 Å². The van der Waals surface area contributed by atoms with Gasteiger partial charge >= 0.3 is 0 Å². The highest BCUT2D eigenvalue weighted by Crippen LogP contribution is 2.21. The summed E-state index contributed by atoms with van der Waals surface area (Å²) in [5.41, 5.74) is 7.49. The van der Waals surface area contributed by atoms with Gasteiger partial charge in [-0.05, 0) is 82.0 Å². The number of benzene rings is 2. The molecule has 0 aliphatic carbocycles. The molecule has 0 aliphatic heterocycles. The second kappa shape index (κ2) is 11.8. The normalized spacial score (nSPS) is 11.4. The monoisotopic (exact) mass is 452 g/mol. The number of hydrogen-bond donors (Lipinski definition) is 1. The Bertz CT molecular complexity index is 1270. The van der Waals surface area contributed by atoms with Crippen LogP contribution in [0.15, 0.2) is 65.2 Å². The molecule has 5 nitrogen and oxygen atoms in total. The summed E-state index contributed by atoms with van der Waals surface area (Å²) in [5.74, 6) is 6.38. The van der Waals surface area contributed by atoms with E-state index >= 15 is 0 Å². The molecule has 0 aliphatic rings. The maximum absolute atomic E-state index is 12.9. The summed E-state index contributed by atoms with van der Waals surface area (Å²) in [7, 11) is 1.76. The fraction of sp³-hybridized carbons (Fsp3) is 0.276. The Morgan fingerprint density at radius 3 is 2.53 bits per heavy atom. The van der Waals surface area contributed by atoms with Crippen molar-refractivity contribution in [2.45, 2.75) is 40.5 Å². The lowest BCUT2D eigenvalue weighted by atomic mass is 10.1. The van der Waals surface area contributed by atoms with E-state index in [0.29, 0.717) is 12.1 Å². The second-order valence-corrected chi connectivity index (χ2v) is 8.17. The van der Waals surface area contributed by atoms with E-state index in [0.717, 1.165) is 46.6 Å². The minimum Gasteiger partial charge on any atom is -0.352 e. The fourth-order valence-corrected chi connectivity index (χ4v) is 3.62. The highest BCUT2D eigenvalue weighted by atomic mass is 16.1. The molecule has 0 unspecified atom stereocenters. The van der Waals surface area contributed by atoms with Gasteiger partial charge in [0.05, 0.1) is 16.9 Å². The van der Waals surface area contributed by atoms with Crippen molar-refractivity contribution < 1.29 is 4.79 Å². The summed E-state index contributed by atoms with van der Waals surface area (Å²) in [6.45, 7) is 8.71. The van der Waals surface area contributed by atoms with E-state index in [1.54, 1.807) is 7.05 Å². The lowest BCUT2D eigenvalue weighted by molar-refractivity contribution is 0.0953. The van der Waals surface area contributed by atoms with Crippen LogP contribution in [0.25, 0.3) is 5.69 Å². The molecular formula is C29H32N4O. The van der Waals surface area contributed by atoms with Crippen LogP contribution in [0.3, 0.4) is 0 Å². The second-order valence-electron chi connectivity index (χ2n) is 8.17. The van der Waals surface area contributed by atoms with Crippen molar-refractivity contribution in [2.24, 2.45) is 4.99 Å². The van der Waals surface area contributed by atoms with Gasteiger partial charge in [-0.3, -0.25) is 9.79 Å². The fourth-order valence-electron chi connectivity index (χ4n) is 3.62. The molecule has 0 saturated carbocycles. The van der Waals surface area contributed by atoms with Gasteiger partial charge in [-0.25, -0.2) is 4.68 Å². The van der Waals surface area contributed by atoms with E-state index in [1.165, 1.54) is 5.57 Å². The smallest absolute Gasteiger partial charge is 0.251 e. The van der Waals surface area contributed by atoms with E-state index in [-0.39, 0.29) is 5.91 Å². The molecule has 3 aromatic rings. The standard InChI is InChI=1S/C29H32N4O/c1-6-24(20-30-5)13-10-18-31-29(34)27-16-17-28(33-23(4)21(2)22(3)32-33)26(19-27)15-14-25-11-8-7-9-12-25/h6-9,11-12,16-17,19-20H,10,13,18H2,1-5H3,(H,31,34)/b24-6-,30-20?. The van der Waals surface area contributed by atoms with Gasteiger partial charge in [-0.2, -0.15) is 5.10 Å². The summed E-state index contributed by atoms with van der Waals surface area (Å²) >= 11 is 0. The van der Waals surface area contributed by atoms with Crippen molar-refractivity contribution in [3.8, 4) is 17.5 Å². The highest BCUT2D eigenvalue weighted by Gasteiger charge is 2.14. The molecule has 0 radical (unpaired) electrons. The third-order valence-electron chi connectivity index (χ3n) is 5.85. The first kappa shape index (κ1) is 24.7. The van der Waals surface area contributed by atoms with Crippen LogP contribution in [0.2, 0.25) is 0 Å². The van der Waals surface area contributed by atoms with Crippen molar-refractivity contribution in [2.75, 3.05) is 13.6 Å². The molecule has 5 heteroatoms. The molecule has 1 N–H and O–H groups in total. The topological polar surface area (TPSA) is 59.3 Å². The summed E-state index contributed by atoms with van der Waals surface area (Å²) in [6, 6.07) is 15.5. The van der Waals surface area contributed by atoms with Gasteiger partial charge in [0, 0.05) is 36.6 Å². The lowest BCUT2D eigenvalue weighted by Crippen LogP contribution is -2.24. The largest absolute Gasteiger partial charge is 0.352 e. The lowest BCUT2D eigenvalue weighted by Gasteiger charge is -2.11. The Morgan fingerprint density at radius 1 is 1.12 bits per heavy atom. The molecule has 2 aromatic carbocycles. The first-order valence-electron chi connectivity index (χ1n) is 11.5. The van der Waals surface area contributed by atoms with Crippen LogP contribution >= 0.6 is 0 Å². The van der Waals surface area contributed by atoms with Gasteiger partial charge in [0.2, 0.25) is 0 Å². The molecule has 0 saturated heterocycles. The van der Waals surface area contributed by atoms with Gasteiger partial charge in [0.25, 0.3) is 5.91 Å². The summed E-state index contributed by atoms with van der Waals surface area (Å²) in [6.07, 6.45) is 5.63. The van der Waals surface area contributed by atoms with Gasteiger partial charge < -0.3 is 5.32 Å². The highest BCUT2D eigenvalue weighted by molar-refractivity contribution is 5.95. The zero-order valence-electron chi connectivity index (χ0n) is 20.6. The van der Waals surface area contributed by atoms with Crippen LogP contribution in [0, 0.1) is 32.6 Å². The number of amides is 1. The van der Waals surface area contributed by atoms with Crippen molar-refractivity contribution in [1.29, 1.82) is 0 Å². The summed E-state index contributed by atoms with van der Waals surface area (Å²) in [5, 5.41) is 7.73. The average Bonchev–Trinajstić information content (AvgIpc) is 3.11. The van der Waals surface area contributed by atoms with E-state index < -0.39 is 0 Å². The van der Waals surface area contributed by atoms with Crippen molar-refractivity contribution in [3.05, 3.63) is 93.8 Å². The molecule has 3 rings (SSSR count). The SMILES string of the molecule is C/C=C(\C=NC)CCCNC(=O)c1ccc(-n2nc(C)c(C)c2C)c(C#Cc2ccccc2)c1. The number of rotatable bonds is 7. The molecule has 1 aromatic heterocycles. The van der Waals surface area contributed by atoms with Crippen molar-refractivity contribution >= 4 is 12.1 Å². The van der Waals surface area contributed by atoms with Crippen molar-refractivity contribution in [1.82, 2.24) is 15.1 Å². The number of carbonyl (C=O) groups excluding carboxylic acids is 1. The minimum atomic E-state index is -0.106. The minimum absolute atomic E-state index is 0.106. The molecule has 34 heavy (non-hydrogen) atoms. The number of aromatic nitrogens is 2. The van der Waals surface area contributed by atoms with Crippen LogP contribution in [0.1, 0.15) is 58.2 Å². The quantitative estimate of drug-likeness (QED) is 0.298.